The highest BCUT2D eigenvalue weighted by Gasteiger charge is 2.34. The van der Waals surface area contributed by atoms with Crippen LogP contribution in [-0.4, -0.2) is 32.7 Å². The summed E-state index contributed by atoms with van der Waals surface area (Å²) in [4.78, 5) is 26.0. The number of nitrogens with zero attached hydrogens (tertiary/aromatic N) is 3. The maximum absolute atomic E-state index is 13.4. The van der Waals surface area contributed by atoms with E-state index >= 15 is 0 Å². The van der Waals surface area contributed by atoms with Crippen LogP contribution in [0.2, 0.25) is 5.15 Å². The molecule has 0 aliphatic carbocycles. The number of fused-ring (bicyclic) bond motifs is 1. The molecule has 0 bridgehead atoms. The van der Waals surface area contributed by atoms with Crippen molar-refractivity contribution in [3.8, 4) is 17.3 Å². The van der Waals surface area contributed by atoms with E-state index in [-0.39, 0.29) is 11.3 Å². The van der Waals surface area contributed by atoms with Crippen LogP contribution in [0, 0.1) is 6.92 Å². The molecule has 1 aliphatic rings. The number of nitrogens with one attached hydrogen (secondary N) is 1. The molecule has 3 aromatic rings. The van der Waals surface area contributed by atoms with Crippen LogP contribution in [0.5, 0.6) is 5.75 Å². The highest BCUT2D eigenvalue weighted by Crippen LogP contribution is 2.32. The molecule has 7 nitrogen and oxygen atoms in total. The van der Waals surface area contributed by atoms with E-state index in [1.807, 2.05) is 13.8 Å². The number of hydrogen-bond donors (Lipinski definition) is 1. The van der Waals surface area contributed by atoms with Crippen molar-refractivity contribution in [2.24, 2.45) is 0 Å². The van der Waals surface area contributed by atoms with E-state index in [9.17, 15) is 4.79 Å². The first-order chi connectivity index (χ1) is 15.3. The lowest BCUT2D eigenvalue weighted by molar-refractivity contribution is -0.0565. The summed E-state index contributed by atoms with van der Waals surface area (Å²) in [5, 5.41) is 0.357. The number of hydrogen-bond acceptors (Lipinski definition) is 5. The molecule has 0 saturated carbocycles. The Bertz CT molecular complexity index is 1170. The number of halogens is 1. The van der Waals surface area contributed by atoms with Gasteiger partial charge in [0.15, 0.2) is 16.7 Å². The van der Waals surface area contributed by atoms with Gasteiger partial charge in [-0.05, 0) is 32.8 Å². The lowest BCUT2D eigenvalue weighted by Crippen LogP contribution is -2.41. The molecule has 8 heteroatoms. The number of aryl methyl sites for hydroxylation is 1. The average Bonchev–Trinajstić information content (AvgIpc) is 3.11. The van der Waals surface area contributed by atoms with Crippen molar-refractivity contribution in [1.82, 2.24) is 19.5 Å². The van der Waals surface area contributed by atoms with E-state index in [2.05, 4.69) is 48.1 Å². The van der Waals surface area contributed by atoms with Gasteiger partial charge in [-0.15, -0.1) is 0 Å². The molecular weight excluding hydrogens is 428 g/mol. The molecule has 0 amide bonds. The summed E-state index contributed by atoms with van der Waals surface area (Å²) in [6.45, 7) is 9.26. The molecule has 0 saturated heterocycles. The molecule has 0 radical (unpaired) electrons. The zero-order chi connectivity index (χ0) is 22.9. The van der Waals surface area contributed by atoms with Crippen molar-refractivity contribution < 1.29 is 9.47 Å². The first-order valence-corrected chi connectivity index (χ1v) is 11.4. The average molecular weight is 457 g/mol. The maximum Gasteiger partial charge on any atom is 0.296 e. The van der Waals surface area contributed by atoms with E-state index in [1.165, 1.54) is 5.56 Å². The van der Waals surface area contributed by atoms with Gasteiger partial charge >= 0.3 is 0 Å². The van der Waals surface area contributed by atoms with Crippen LogP contribution in [0.25, 0.3) is 11.5 Å². The van der Waals surface area contributed by atoms with E-state index < -0.39 is 5.60 Å². The number of aromatic amines is 1. The largest absolute Gasteiger partial charge is 0.486 e. The standard InChI is InChI=1S/C24H29ClN4O3/c1-5-6-12-31-19-18(27-23-24(3,4)32-13-11-29(23)22(19)30)21-26-17(20(25)28-21)14-16-9-7-15(2)8-10-16/h7-10H,5-6,11-14H2,1-4H3,(H,26,28). The summed E-state index contributed by atoms with van der Waals surface area (Å²) >= 11 is 6.48. The third kappa shape index (κ3) is 4.45. The molecule has 3 heterocycles. The molecule has 1 N–H and O–H groups in total. The lowest BCUT2D eigenvalue weighted by Gasteiger charge is -2.32. The van der Waals surface area contributed by atoms with Crippen LogP contribution in [0.1, 0.15) is 56.3 Å². The van der Waals surface area contributed by atoms with Gasteiger partial charge in [0, 0.05) is 6.42 Å². The highest BCUT2D eigenvalue weighted by molar-refractivity contribution is 6.30. The smallest absolute Gasteiger partial charge is 0.296 e. The van der Waals surface area contributed by atoms with Crippen LogP contribution in [0.4, 0.5) is 0 Å². The summed E-state index contributed by atoms with van der Waals surface area (Å²) in [5.41, 5.74) is 2.52. The van der Waals surface area contributed by atoms with Gasteiger partial charge in [-0.2, -0.15) is 0 Å². The van der Waals surface area contributed by atoms with Gasteiger partial charge in [0.05, 0.1) is 25.5 Å². The predicted octanol–water partition coefficient (Wildman–Crippen LogP) is 4.63. The number of benzene rings is 1. The van der Waals surface area contributed by atoms with Crippen LogP contribution in [0.3, 0.4) is 0 Å². The highest BCUT2D eigenvalue weighted by atomic mass is 35.5. The summed E-state index contributed by atoms with van der Waals surface area (Å²) in [6.07, 6.45) is 2.40. The number of ether oxygens (including phenoxy) is 2. The molecule has 0 fully saturated rings. The normalized spacial score (nSPS) is 14.9. The second kappa shape index (κ2) is 9.08. The third-order valence-electron chi connectivity index (χ3n) is 5.64. The van der Waals surface area contributed by atoms with E-state index in [1.54, 1.807) is 4.57 Å². The maximum atomic E-state index is 13.4. The van der Waals surface area contributed by atoms with Crippen LogP contribution >= 0.6 is 11.6 Å². The molecule has 1 aliphatic heterocycles. The molecular formula is C24H29ClN4O3. The molecule has 4 rings (SSSR count). The number of unbranched alkanes of at least 4 members (excludes halogenated alkanes) is 1. The molecule has 0 spiro atoms. The van der Waals surface area contributed by atoms with E-state index in [0.717, 1.165) is 24.1 Å². The fraction of sp³-hybridized carbons (Fsp3) is 0.458. The lowest BCUT2D eigenvalue weighted by atomic mass is 10.1. The Kier molecular flexibility index (Phi) is 6.40. The van der Waals surface area contributed by atoms with E-state index in [0.29, 0.717) is 48.7 Å². The topological polar surface area (TPSA) is 82.0 Å². The molecule has 32 heavy (non-hydrogen) atoms. The predicted molar refractivity (Wildman–Crippen MR) is 124 cm³/mol. The first kappa shape index (κ1) is 22.6. The second-order valence-corrected chi connectivity index (χ2v) is 9.01. The zero-order valence-corrected chi connectivity index (χ0v) is 19.8. The van der Waals surface area contributed by atoms with Crippen LogP contribution in [-0.2, 0) is 23.3 Å². The van der Waals surface area contributed by atoms with Crippen molar-refractivity contribution in [2.45, 2.75) is 59.1 Å². The Morgan fingerprint density at radius 1 is 1.25 bits per heavy atom. The molecule has 0 atom stereocenters. The molecule has 2 aromatic heterocycles. The summed E-state index contributed by atoms with van der Waals surface area (Å²) in [7, 11) is 0. The minimum absolute atomic E-state index is 0.201. The van der Waals surface area contributed by atoms with Gasteiger partial charge < -0.3 is 14.5 Å². The SMILES string of the molecule is CCCCOc1c(-c2nc(Cl)c(Cc3ccc(C)cc3)[nH]2)nc2n(c1=O)CCOC2(C)C. The Morgan fingerprint density at radius 3 is 2.72 bits per heavy atom. The minimum atomic E-state index is -0.699. The van der Waals surface area contributed by atoms with Gasteiger partial charge in [-0.1, -0.05) is 54.8 Å². The van der Waals surface area contributed by atoms with Gasteiger partial charge in [0.25, 0.3) is 5.56 Å². The van der Waals surface area contributed by atoms with Crippen molar-refractivity contribution in [3.05, 3.63) is 62.4 Å². The number of H-pyrrole nitrogens is 1. The minimum Gasteiger partial charge on any atom is -0.486 e. The van der Waals surface area contributed by atoms with Crippen LogP contribution < -0.4 is 10.3 Å². The summed E-state index contributed by atoms with van der Waals surface area (Å²) < 4.78 is 13.5. The van der Waals surface area contributed by atoms with Crippen molar-refractivity contribution in [1.29, 1.82) is 0 Å². The number of aromatic nitrogens is 4. The molecule has 170 valence electrons. The third-order valence-corrected chi connectivity index (χ3v) is 5.96. The monoisotopic (exact) mass is 456 g/mol. The Morgan fingerprint density at radius 2 is 2.00 bits per heavy atom. The second-order valence-electron chi connectivity index (χ2n) is 8.65. The fourth-order valence-electron chi connectivity index (χ4n) is 3.80. The van der Waals surface area contributed by atoms with Gasteiger partial charge in [0.1, 0.15) is 11.4 Å². The van der Waals surface area contributed by atoms with Gasteiger partial charge in [-0.3, -0.25) is 9.36 Å². The fourth-order valence-corrected chi connectivity index (χ4v) is 4.00. The molecule has 0 unspecified atom stereocenters. The van der Waals surface area contributed by atoms with Crippen molar-refractivity contribution in [3.63, 3.8) is 0 Å². The number of rotatable bonds is 7. The van der Waals surface area contributed by atoms with Gasteiger partial charge in [0.2, 0.25) is 5.75 Å². The quantitative estimate of drug-likeness (QED) is 0.524. The zero-order valence-electron chi connectivity index (χ0n) is 19.0. The van der Waals surface area contributed by atoms with Crippen LogP contribution in [0.15, 0.2) is 29.1 Å². The summed E-state index contributed by atoms with van der Waals surface area (Å²) in [5.74, 6) is 1.18. The first-order valence-electron chi connectivity index (χ1n) is 11.0. The Balaban J connectivity index is 1.78. The summed E-state index contributed by atoms with van der Waals surface area (Å²) in [6, 6.07) is 8.26. The Hall–Kier alpha value is -2.64. The van der Waals surface area contributed by atoms with Gasteiger partial charge in [-0.25, -0.2) is 9.97 Å². The number of imidazole rings is 1. The van der Waals surface area contributed by atoms with E-state index in [4.69, 9.17) is 26.1 Å². The Labute approximate surface area is 192 Å². The molecule has 1 aromatic carbocycles. The van der Waals surface area contributed by atoms with Crippen molar-refractivity contribution in [2.75, 3.05) is 13.2 Å². The van der Waals surface area contributed by atoms with Crippen molar-refractivity contribution >= 4 is 11.6 Å².